The molecule has 6 nitrogen and oxygen atoms in total. The highest BCUT2D eigenvalue weighted by Gasteiger charge is 2.43. The standard InChI is InChI=1S/C27H38N4O2/c1-7-19-13-14-21(27(19,5)6)28-24(32)22-20-17-30(25(33)26(2,3)4)15-16-31(20)23(29-22)18-11-9-8-10-12-18/h8-12,19,21H,7,13-17H2,1-6H3,(H,28,32). The zero-order chi connectivity index (χ0) is 24.0. The van der Waals surface area contributed by atoms with Crippen molar-refractivity contribution in [3.63, 3.8) is 0 Å². The van der Waals surface area contributed by atoms with E-state index in [9.17, 15) is 9.59 Å². The van der Waals surface area contributed by atoms with Crippen LogP contribution in [0.25, 0.3) is 11.4 Å². The molecule has 1 aliphatic carbocycles. The molecule has 0 spiro atoms. The Morgan fingerprint density at radius 2 is 1.82 bits per heavy atom. The molecule has 178 valence electrons. The van der Waals surface area contributed by atoms with Gasteiger partial charge in [-0.15, -0.1) is 0 Å². The summed E-state index contributed by atoms with van der Waals surface area (Å²) in [5.41, 5.74) is 1.87. The van der Waals surface area contributed by atoms with E-state index in [1.807, 2.05) is 56.0 Å². The zero-order valence-electron chi connectivity index (χ0n) is 20.9. The van der Waals surface area contributed by atoms with Crippen LogP contribution in [-0.2, 0) is 17.9 Å². The number of imidazole rings is 1. The summed E-state index contributed by atoms with van der Waals surface area (Å²) < 4.78 is 2.13. The molecule has 2 atom stereocenters. The Bertz CT molecular complexity index is 1030. The van der Waals surface area contributed by atoms with Gasteiger partial charge in [0.25, 0.3) is 5.91 Å². The summed E-state index contributed by atoms with van der Waals surface area (Å²) in [5.74, 6) is 1.39. The monoisotopic (exact) mass is 450 g/mol. The number of benzene rings is 1. The minimum Gasteiger partial charge on any atom is -0.347 e. The maximum Gasteiger partial charge on any atom is 0.272 e. The number of carbonyl (C=O) groups excluding carboxylic acids is 2. The number of rotatable bonds is 4. The molecule has 0 radical (unpaired) electrons. The summed E-state index contributed by atoms with van der Waals surface area (Å²) in [4.78, 5) is 33.3. The van der Waals surface area contributed by atoms with E-state index in [1.54, 1.807) is 0 Å². The Morgan fingerprint density at radius 3 is 2.42 bits per heavy atom. The Labute approximate surface area is 197 Å². The number of nitrogens with zero attached hydrogens (tertiary/aromatic N) is 3. The first-order chi connectivity index (χ1) is 15.5. The van der Waals surface area contributed by atoms with E-state index in [-0.39, 0.29) is 23.3 Å². The summed E-state index contributed by atoms with van der Waals surface area (Å²) >= 11 is 0. The lowest BCUT2D eigenvalue weighted by Gasteiger charge is -2.34. The molecule has 2 unspecified atom stereocenters. The first kappa shape index (κ1) is 23.5. The van der Waals surface area contributed by atoms with E-state index >= 15 is 0 Å². The number of amides is 2. The van der Waals surface area contributed by atoms with Gasteiger partial charge in [0.15, 0.2) is 5.69 Å². The average Bonchev–Trinajstić information content (AvgIpc) is 3.29. The molecule has 1 saturated carbocycles. The lowest BCUT2D eigenvalue weighted by molar-refractivity contribution is -0.141. The first-order valence-electron chi connectivity index (χ1n) is 12.3. The number of hydrogen-bond acceptors (Lipinski definition) is 3. The molecular weight excluding hydrogens is 412 g/mol. The number of carbonyl (C=O) groups is 2. The summed E-state index contributed by atoms with van der Waals surface area (Å²) in [6, 6.07) is 10.1. The quantitative estimate of drug-likeness (QED) is 0.722. The molecule has 4 rings (SSSR count). The van der Waals surface area contributed by atoms with Gasteiger partial charge in [0.05, 0.1) is 12.2 Å². The van der Waals surface area contributed by atoms with Crippen molar-refractivity contribution in [3.05, 3.63) is 41.7 Å². The topological polar surface area (TPSA) is 67.2 Å². The second-order valence-electron chi connectivity index (χ2n) is 11.3. The predicted octanol–water partition coefficient (Wildman–Crippen LogP) is 4.88. The predicted molar refractivity (Wildman–Crippen MR) is 131 cm³/mol. The Balaban J connectivity index is 1.69. The van der Waals surface area contributed by atoms with Crippen molar-refractivity contribution >= 4 is 11.8 Å². The minimum absolute atomic E-state index is 0.0563. The van der Waals surface area contributed by atoms with Gasteiger partial charge in [0.1, 0.15) is 5.82 Å². The van der Waals surface area contributed by atoms with Crippen molar-refractivity contribution in [2.45, 2.75) is 79.9 Å². The molecule has 1 N–H and O–H groups in total. The third-order valence-corrected chi connectivity index (χ3v) is 7.73. The van der Waals surface area contributed by atoms with Crippen LogP contribution >= 0.6 is 0 Å². The summed E-state index contributed by atoms with van der Waals surface area (Å²) in [6.45, 7) is 14.2. The maximum atomic E-state index is 13.6. The lowest BCUT2D eigenvalue weighted by Crippen LogP contribution is -2.46. The van der Waals surface area contributed by atoms with Crippen molar-refractivity contribution in [3.8, 4) is 11.4 Å². The van der Waals surface area contributed by atoms with E-state index in [2.05, 4.69) is 30.7 Å². The van der Waals surface area contributed by atoms with E-state index < -0.39 is 5.41 Å². The fourth-order valence-corrected chi connectivity index (χ4v) is 5.62. The van der Waals surface area contributed by atoms with Crippen LogP contribution in [0.5, 0.6) is 0 Å². The second-order valence-corrected chi connectivity index (χ2v) is 11.3. The smallest absolute Gasteiger partial charge is 0.272 e. The third kappa shape index (κ3) is 4.32. The normalized spacial score (nSPS) is 22.2. The molecular formula is C27H38N4O2. The van der Waals surface area contributed by atoms with E-state index in [4.69, 9.17) is 4.98 Å². The SMILES string of the molecule is CCC1CCC(NC(=O)c2nc(-c3ccccc3)n3c2CN(C(=O)C(C)(C)C)CC3)C1(C)C. The summed E-state index contributed by atoms with van der Waals surface area (Å²) in [6.07, 6.45) is 3.26. The first-order valence-corrected chi connectivity index (χ1v) is 12.3. The third-order valence-electron chi connectivity index (χ3n) is 7.73. The van der Waals surface area contributed by atoms with Crippen molar-refractivity contribution in [2.75, 3.05) is 6.54 Å². The molecule has 2 aliphatic rings. The van der Waals surface area contributed by atoms with Crippen LogP contribution < -0.4 is 5.32 Å². The number of fused-ring (bicyclic) bond motifs is 1. The van der Waals surface area contributed by atoms with E-state index in [1.165, 1.54) is 0 Å². The van der Waals surface area contributed by atoms with Gasteiger partial charge >= 0.3 is 0 Å². The van der Waals surface area contributed by atoms with Crippen LogP contribution in [0.15, 0.2) is 30.3 Å². The van der Waals surface area contributed by atoms with Crippen LogP contribution in [0.1, 0.15) is 77.0 Å². The molecule has 1 aromatic carbocycles. The van der Waals surface area contributed by atoms with Gasteiger partial charge in [-0.2, -0.15) is 0 Å². The molecule has 1 aromatic heterocycles. The van der Waals surface area contributed by atoms with E-state index in [0.29, 0.717) is 31.2 Å². The highest BCUT2D eigenvalue weighted by molar-refractivity contribution is 5.95. The highest BCUT2D eigenvalue weighted by atomic mass is 16.2. The number of aromatic nitrogens is 2. The summed E-state index contributed by atoms with van der Waals surface area (Å²) in [7, 11) is 0. The Morgan fingerprint density at radius 1 is 1.12 bits per heavy atom. The maximum absolute atomic E-state index is 13.6. The minimum atomic E-state index is -0.462. The number of hydrogen-bond donors (Lipinski definition) is 1. The molecule has 2 amide bonds. The second kappa shape index (κ2) is 8.62. The number of nitrogens with one attached hydrogen (secondary N) is 1. The summed E-state index contributed by atoms with van der Waals surface area (Å²) in [5, 5.41) is 3.32. The Kier molecular flexibility index (Phi) is 6.14. The van der Waals surface area contributed by atoms with Crippen molar-refractivity contribution in [1.82, 2.24) is 19.8 Å². The lowest BCUT2D eigenvalue weighted by atomic mass is 9.78. The molecule has 0 saturated heterocycles. The van der Waals surface area contributed by atoms with Gasteiger partial charge in [-0.25, -0.2) is 4.98 Å². The van der Waals surface area contributed by atoms with Gasteiger partial charge in [0.2, 0.25) is 5.91 Å². The molecule has 2 aromatic rings. The fraction of sp³-hybridized carbons (Fsp3) is 0.593. The van der Waals surface area contributed by atoms with Gasteiger partial charge in [0, 0.05) is 30.1 Å². The molecule has 2 heterocycles. The van der Waals surface area contributed by atoms with Crippen molar-refractivity contribution < 1.29 is 9.59 Å². The van der Waals surface area contributed by atoms with Gasteiger partial charge < -0.3 is 14.8 Å². The fourth-order valence-electron chi connectivity index (χ4n) is 5.62. The molecule has 33 heavy (non-hydrogen) atoms. The Hall–Kier alpha value is -2.63. The van der Waals surface area contributed by atoms with Crippen molar-refractivity contribution in [2.24, 2.45) is 16.7 Å². The molecule has 6 heteroatoms. The van der Waals surface area contributed by atoms with Crippen LogP contribution in [-0.4, -0.2) is 38.9 Å². The van der Waals surface area contributed by atoms with E-state index in [0.717, 1.165) is 36.3 Å². The van der Waals surface area contributed by atoms with Crippen LogP contribution in [0.4, 0.5) is 0 Å². The molecule has 0 bridgehead atoms. The largest absolute Gasteiger partial charge is 0.347 e. The van der Waals surface area contributed by atoms with Gasteiger partial charge in [-0.3, -0.25) is 9.59 Å². The van der Waals surface area contributed by atoms with Crippen LogP contribution in [0.2, 0.25) is 0 Å². The van der Waals surface area contributed by atoms with Crippen LogP contribution in [0.3, 0.4) is 0 Å². The van der Waals surface area contributed by atoms with Crippen molar-refractivity contribution in [1.29, 1.82) is 0 Å². The van der Waals surface area contributed by atoms with Gasteiger partial charge in [-0.05, 0) is 24.2 Å². The average molecular weight is 451 g/mol. The van der Waals surface area contributed by atoms with Crippen LogP contribution in [0, 0.1) is 16.7 Å². The molecule has 1 aliphatic heterocycles. The van der Waals surface area contributed by atoms with Gasteiger partial charge in [-0.1, -0.05) is 78.3 Å². The zero-order valence-corrected chi connectivity index (χ0v) is 20.9. The molecule has 1 fully saturated rings. The highest BCUT2D eigenvalue weighted by Crippen LogP contribution is 2.44.